The molecule has 0 aliphatic carbocycles. The summed E-state index contributed by atoms with van der Waals surface area (Å²) in [5.74, 6) is -0.473. The van der Waals surface area contributed by atoms with E-state index in [-0.39, 0.29) is 11.3 Å². The number of esters is 1. The molecule has 4 heteroatoms. The molecule has 0 saturated heterocycles. The minimum Gasteiger partial charge on any atom is -0.508 e. The van der Waals surface area contributed by atoms with Crippen LogP contribution in [0.5, 0.6) is 5.75 Å². The summed E-state index contributed by atoms with van der Waals surface area (Å²) < 4.78 is 5.04. The fourth-order valence-corrected chi connectivity index (χ4v) is 1.32. The molecule has 0 bridgehead atoms. The van der Waals surface area contributed by atoms with Gasteiger partial charge in [0, 0.05) is 5.69 Å². The summed E-state index contributed by atoms with van der Waals surface area (Å²) in [6.07, 6.45) is 2.95. The van der Waals surface area contributed by atoms with E-state index in [4.69, 9.17) is 10.5 Å². The van der Waals surface area contributed by atoms with Crippen LogP contribution in [-0.2, 0) is 4.74 Å². The van der Waals surface area contributed by atoms with E-state index >= 15 is 0 Å². The number of nitrogen functional groups attached to an aromatic ring is 1. The van der Waals surface area contributed by atoms with Crippen molar-refractivity contribution in [1.82, 2.24) is 0 Å². The predicted molar refractivity (Wildman–Crippen MR) is 62.3 cm³/mol. The number of aromatic hydroxyl groups is 1. The second-order valence-corrected chi connectivity index (χ2v) is 3.61. The van der Waals surface area contributed by atoms with Gasteiger partial charge < -0.3 is 15.6 Å². The highest BCUT2D eigenvalue weighted by Gasteiger charge is 2.11. The highest BCUT2D eigenvalue weighted by atomic mass is 16.5. The molecule has 1 aromatic rings. The quantitative estimate of drug-likeness (QED) is 0.348. The zero-order valence-electron chi connectivity index (χ0n) is 9.40. The van der Waals surface area contributed by atoms with Crippen molar-refractivity contribution >= 4 is 11.7 Å². The zero-order chi connectivity index (χ0) is 12.0. The van der Waals surface area contributed by atoms with E-state index < -0.39 is 5.97 Å². The molecule has 0 heterocycles. The second kappa shape index (κ2) is 6.00. The van der Waals surface area contributed by atoms with E-state index in [9.17, 15) is 9.90 Å². The Morgan fingerprint density at radius 1 is 1.44 bits per heavy atom. The Morgan fingerprint density at radius 3 is 2.88 bits per heavy atom. The molecule has 0 aliphatic heterocycles. The number of ether oxygens (including phenoxy) is 1. The second-order valence-electron chi connectivity index (χ2n) is 3.61. The Hall–Kier alpha value is -1.71. The molecule has 1 rings (SSSR count). The molecule has 0 atom stereocenters. The number of carbonyl (C=O) groups excluding carboxylic acids is 1. The van der Waals surface area contributed by atoms with Crippen LogP contribution in [0.2, 0.25) is 0 Å². The van der Waals surface area contributed by atoms with Gasteiger partial charge >= 0.3 is 5.97 Å². The zero-order valence-corrected chi connectivity index (χ0v) is 9.40. The number of hydrogen-bond donors (Lipinski definition) is 2. The molecule has 0 aromatic heterocycles. The number of hydrogen-bond acceptors (Lipinski definition) is 4. The van der Waals surface area contributed by atoms with Crippen molar-refractivity contribution in [3.63, 3.8) is 0 Å². The first-order valence-corrected chi connectivity index (χ1v) is 5.40. The number of carbonyl (C=O) groups is 1. The molecule has 0 amide bonds. The van der Waals surface area contributed by atoms with Gasteiger partial charge in [0.15, 0.2) is 0 Å². The van der Waals surface area contributed by atoms with E-state index in [2.05, 4.69) is 6.92 Å². The summed E-state index contributed by atoms with van der Waals surface area (Å²) in [7, 11) is 0. The Kier molecular flexibility index (Phi) is 4.64. The van der Waals surface area contributed by atoms with Crippen LogP contribution in [0, 0.1) is 0 Å². The maximum absolute atomic E-state index is 11.6. The summed E-state index contributed by atoms with van der Waals surface area (Å²) in [4.78, 5) is 11.6. The number of phenols is 1. The molecule has 0 radical (unpaired) electrons. The number of anilines is 1. The molecular weight excluding hydrogens is 206 g/mol. The third kappa shape index (κ3) is 3.46. The molecule has 0 fully saturated rings. The highest BCUT2D eigenvalue weighted by Crippen LogP contribution is 2.19. The number of phenolic OH excluding ortho intramolecular Hbond substituents is 1. The molecular formula is C12H17NO3. The summed E-state index contributed by atoms with van der Waals surface area (Å²) in [5.41, 5.74) is 6.15. The van der Waals surface area contributed by atoms with Gasteiger partial charge in [0.1, 0.15) is 5.75 Å². The van der Waals surface area contributed by atoms with Gasteiger partial charge in [-0.05, 0) is 24.6 Å². The van der Waals surface area contributed by atoms with Gasteiger partial charge in [0.05, 0.1) is 12.2 Å². The molecule has 4 nitrogen and oxygen atoms in total. The third-order valence-corrected chi connectivity index (χ3v) is 2.24. The van der Waals surface area contributed by atoms with Crippen LogP contribution in [0.25, 0.3) is 0 Å². The van der Waals surface area contributed by atoms with Crippen molar-refractivity contribution < 1.29 is 14.6 Å². The number of unbranched alkanes of at least 4 members (excludes halogenated alkanes) is 2. The normalized spacial score (nSPS) is 10.1. The van der Waals surface area contributed by atoms with Crippen molar-refractivity contribution in [3.05, 3.63) is 23.8 Å². The Labute approximate surface area is 95.0 Å². The number of nitrogens with two attached hydrogens (primary N) is 1. The van der Waals surface area contributed by atoms with Gasteiger partial charge in [-0.2, -0.15) is 0 Å². The predicted octanol–water partition coefficient (Wildman–Crippen LogP) is 2.32. The highest BCUT2D eigenvalue weighted by molar-refractivity contribution is 5.95. The summed E-state index contributed by atoms with van der Waals surface area (Å²) >= 11 is 0. The van der Waals surface area contributed by atoms with Crippen LogP contribution < -0.4 is 5.73 Å². The van der Waals surface area contributed by atoms with Crippen molar-refractivity contribution in [2.24, 2.45) is 0 Å². The van der Waals surface area contributed by atoms with Crippen molar-refractivity contribution in [2.45, 2.75) is 26.2 Å². The van der Waals surface area contributed by atoms with E-state index in [0.29, 0.717) is 12.3 Å². The van der Waals surface area contributed by atoms with Crippen LogP contribution in [0.4, 0.5) is 5.69 Å². The average Bonchev–Trinajstić information content (AvgIpc) is 2.27. The lowest BCUT2D eigenvalue weighted by molar-refractivity contribution is 0.0499. The van der Waals surface area contributed by atoms with Crippen LogP contribution >= 0.6 is 0 Å². The number of benzene rings is 1. The molecule has 1 aromatic carbocycles. The number of rotatable bonds is 5. The van der Waals surface area contributed by atoms with E-state index in [1.165, 1.54) is 18.2 Å². The first kappa shape index (κ1) is 12.4. The summed E-state index contributed by atoms with van der Waals surface area (Å²) in [6.45, 7) is 2.47. The van der Waals surface area contributed by atoms with Crippen LogP contribution in [0.3, 0.4) is 0 Å². The smallest absolute Gasteiger partial charge is 0.340 e. The van der Waals surface area contributed by atoms with E-state index in [1.54, 1.807) is 0 Å². The first-order chi connectivity index (χ1) is 7.65. The Bertz CT molecular complexity index is 363. The van der Waals surface area contributed by atoms with Crippen LogP contribution in [0.15, 0.2) is 18.2 Å². The summed E-state index contributed by atoms with van der Waals surface area (Å²) in [5, 5.41) is 9.23. The maximum Gasteiger partial charge on any atom is 0.340 e. The van der Waals surface area contributed by atoms with Crippen molar-refractivity contribution in [3.8, 4) is 5.75 Å². The largest absolute Gasteiger partial charge is 0.508 e. The fraction of sp³-hybridized carbons (Fsp3) is 0.417. The minimum absolute atomic E-state index is 0.00899. The van der Waals surface area contributed by atoms with Crippen LogP contribution in [0.1, 0.15) is 36.5 Å². The van der Waals surface area contributed by atoms with Gasteiger partial charge in [-0.15, -0.1) is 0 Å². The molecule has 0 unspecified atom stereocenters. The van der Waals surface area contributed by atoms with Gasteiger partial charge in [-0.1, -0.05) is 19.8 Å². The fourth-order valence-electron chi connectivity index (χ4n) is 1.32. The standard InChI is InChI=1S/C12H17NO3/c1-2-3-4-7-16-12(15)10-8-9(14)5-6-11(10)13/h5-6,8,14H,2-4,7,13H2,1H3. The maximum atomic E-state index is 11.6. The lowest BCUT2D eigenvalue weighted by atomic mass is 10.2. The first-order valence-electron chi connectivity index (χ1n) is 5.40. The topological polar surface area (TPSA) is 72.5 Å². The third-order valence-electron chi connectivity index (χ3n) is 2.24. The molecule has 0 aliphatic rings. The lowest BCUT2D eigenvalue weighted by Gasteiger charge is -2.06. The van der Waals surface area contributed by atoms with Crippen molar-refractivity contribution in [2.75, 3.05) is 12.3 Å². The molecule has 3 N–H and O–H groups in total. The van der Waals surface area contributed by atoms with Crippen LogP contribution in [-0.4, -0.2) is 17.7 Å². The SMILES string of the molecule is CCCCCOC(=O)c1cc(O)ccc1N. The Balaban J connectivity index is 2.55. The summed E-state index contributed by atoms with van der Waals surface area (Å²) in [6, 6.07) is 4.23. The van der Waals surface area contributed by atoms with Gasteiger partial charge in [-0.3, -0.25) is 0 Å². The lowest BCUT2D eigenvalue weighted by Crippen LogP contribution is -2.09. The van der Waals surface area contributed by atoms with Crippen molar-refractivity contribution in [1.29, 1.82) is 0 Å². The van der Waals surface area contributed by atoms with Gasteiger partial charge in [0.2, 0.25) is 0 Å². The van der Waals surface area contributed by atoms with Gasteiger partial charge in [-0.25, -0.2) is 4.79 Å². The average molecular weight is 223 g/mol. The monoisotopic (exact) mass is 223 g/mol. The molecule has 0 spiro atoms. The van der Waals surface area contributed by atoms with E-state index in [0.717, 1.165) is 19.3 Å². The minimum atomic E-state index is -0.482. The molecule has 16 heavy (non-hydrogen) atoms. The van der Waals surface area contributed by atoms with E-state index in [1.807, 2.05) is 0 Å². The van der Waals surface area contributed by atoms with Gasteiger partial charge in [0.25, 0.3) is 0 Å². The molecule has 0 saturated carbocycles. The Morgan fingerprint density at radius 2 is 2.19 bits per heavy atom. The molecule has 88 valence electrons.